The summed E-state index contributed by atoms with van der Waals surface area (Å²) in [6.07, 6.45) is 1.72. The van der Waals surface area contributed by atoms with Crippen LogP contribution >= 0.6 is 0 Å². The number of pyridine rings is 1. The summed E-state index contributed by atoms with van der Waals surface area (Å²) in [5.41, 5.74) is 1.42. The molecule has 0 spiro atoms. The van der Waals surface area contributed by atoms with Crippen molar-refractivity contribution in [1.82, 2.24) is 14.9 Å². The summed E-state index contributed by atoms with van der Waals surface area (Å²) in [6.45, 7) is 3.87. The first kappa shape index (κ1) is 20.7. The highest BCUT2D eigenvalue weighted by Gasteiger charge is 2.31. The van der Waals surface area contributed by atoms with Gasteiger partial charge in [0.15, 0.2) is 0 Å². The van der Waals surface area contributed by atoms with Crippen molar-refractivity contribution in [3.63, 3.8) is 0 Å². The first-order chi connectivity index (χ1) is 14.4. The van der Waals surface area contributed by atoms with E-state index in [0.717, 1.165) is 67.5 Å². The number of halogens is 4. The molecule has 1 aliphatic heterocycles. The summed E-state index contributed by atoms with van der Waals surface area (Å²) in [5, 5.41) is 0.942. The molecule has 4 nitrogen and oxygen atoms in total. The van der Waals surface area contributed by atoms with E-state index in [2.05, 4.69) is 14.9 Å². The van der Waals surface area contributed by atoms with E-state index >= 15 is 0 Å². The van der Waals surface area contributed by atoms with E-state index in [1.54, 1.807) is 12.1 Å². The molecule has 8 heteroatoms. The van der Waals surface area contributed by atoms with Gasteiger partial charge in [0.05, 0.1) is 5.56 Å². The first-order valence-electron chi connectivity index (χ1n) is 10.2. The topological polar surface area (TPSA) is 35.2 Å². The lowest BCUT2D eigenvalue weighted by Gasteiger charge is -2.35. The predicted molar refractivity (Wildman–Crippen MR) is 109 cm³/mol. The molecule has 0 radical (unpaired) electrons. The standard InChI is InChI=1S/C22H24F4N4/c23-18-4-5-20-19(14-18)16(15-28-20)3-1-2-8-29-9-11-30(12-10-29)21-13-17(6-7-27-21)22(24,25)26/h4-7,13-15,28H,1-3,8-12H2. The first-order valence-corrected chi connectivity index (χ1v) is 10.2. The normalized spacial score (nSPS) is 15.8. The van der Waals surface area contributed by atoms with Crippen LogP contribution in [-0.4, -0.2) is 47.6 Å². The van der Waals surface area contributed by atoms with Crippen LogP contribution in [0.1, 0.15) is 24.0 Å². The predicted octanol–water partition coefficient (Wildman–Crippen LogP) is 4.87. The van der Waals surface area contributed by atoms with Crippen LogP contribution in [-0.2, 0) is 12.6 Å². The fourth-order valence-corrected chi connectivity index (χ4v) is 3.98. The molecule has 160 valence electrons. The zero-order valence-corrected chi connectivity index (χ0v) is 16.6. The third-order valence-corrected chi connectivity index (χ3v) is 5.67. The lowest BCUT2D eigenvalue weighted by atomic mass is 10.1. The van der Waals surface area contributed by atoms with Gasteiger partial charge in [-0.1, -0.05) is 0 Å². The fraction of sp³-hybridized carbons (Fsp3) is 0.409. The van der Waals surface area contributed by atoms with E-state index in [-0.39, 0.29) is 5.82 Å². The maximum absolute atomic E-state index is 13.5. The number of benzene rings is 1. The Hall–Kier alpha value is -2.61. The number of aromatic nitrogens is 2. The molecule has 0 saturated carbocycles. The van der Waals surface area contributed by atoms with E-state index in [4.69, 9.17) is 0 Å². The molecule has 4 rings (SSSR count). The Morgan fingerprint density at radius 3 is 2.57 bits per heavy atom. The number of hydrogen-bond acceptors (Lipinski definition) is 3. The second kappa shape index (κ2) is 8.63. The summed E-state index contributed by atoms with van der Waals surface area (Å²) < 4.78 is 52.2. The van der Waals surface area contributed by atoms with Gasteiger partial charge in [0, 0.05) is 49.5 Å². The minimum atomic E-state index is -4.35. The van der Waals surface area contributed by atoms with Crippen LogP contribution in [0.4, 0.5) is 23.4 Å². The average molecular weight is 420 g/mol. The summed E-state index contributed by atoms with van der Waals surface area (Å²) in [5.74, 6) is 0.160. The van der Waals surface area contributed by atoms with Crippen molar-refractivity contribution < 1.29 is 17.6 Å². The number of hydrogen-bond donors (Lipinski definition) is 1. The molecule has 1 aromatic carbocycles. The lowest BCUT2D eigenvalue weighted by molar-refractivity contribution is -0.137. The number of piperazine rings is 1. The Morgan fingerprint density at radius 2 is 1.80 bits per heavy atom. The van der Waals surface area contributed by atoms with Gasteiger partial charge in [-0.25, -0.2) is 9.37 Å². The maximum Gasteiger partial charge on any atom is 0.416 e. The third-order valence-electron chi connectivity index (χ3n) is 5.67. The molecule has 3 heterocycles. The van der Waals surface area contributed by atoms with Gasteiger partial charge in [0.25, 0.3) is 0 Å². The molecule has 1 aliphatic rings. The lowest BCUT2D eigenvalue weighted by Crippen LogP contribution is -2.47. The number of unbranched alkanes of at least 4 members (excludes halogenated alkanes) is 1. The molecule has 3 aromatic rings. The van der Waals surface area contributed by atoms with E-state index in [9.17, 15) is 17.6 Å². The molecule has 2 aromatic heterocycles. The van der Waals surface area contributed by atoms with Crippen molar-refractivity contribution in [3.05, 3.63) is 59.7 Å². The molecule has 0 atom stereocenters. The quantitative estimate of drug-likeness (QED) is 0.457. The molecule has 1 N–H and O–H groups in total. The minimum absolute atomic E-state index is 0.225. The van der Waals surface area contributed by atoms with E-state index in [0.29, 0.717) is 18.9 Å². The number of rotatable bonds is 6. The van der Waals surface area contributed by atoms with Gasteiger partial charge < -0.3 is 9.88 Å². The second-order valence-corrected chi connectivity index (χ2v) is 7.69. The number of alkyl halides is 3. The zero-order valence-electron chi connectivity index (χ0n) is 16.6. The largest absolute Gasteiger partial charge is 0.416 e. The number of nitrogens with one attached hydrogen (secondary N) is 1. The van der Waals surface area contributed by atoms with Gasteiger partial charge in [0.2, 0.25) is 0 Å². The summed E-state index contributed by atoms with van der Waals surface area (Å²) in [7, 11) is 0. The van der Waals surface area contributed by atoms with Gasteiger partial charge in [-0.15, -0.1) is 0 Å². The van der Waals surface area contributed by atoms with Crippen LogP contribution in [0, 0.1) is 5.82 Å². The van der Waals surface area contributed by atoms with Crippen LogP contribution in [0.25, 0.3) is 10.9 Å². The zero-order chi connectivity index (χ0) is 21.1. The van der Waals surface area contributed by atoms with Gasteiger partial charge in [-0.3, -0.25) is 4.90 Å². The van der Waals surface area contributed by atoms with Crippen molar-refractivity contribution in [2.45, 2.75) is 25.4 Å². The minimum Gasteiger partial charge on any atom is -0.361 e. The van der Waals surface area contributed by atoms with Crippen molar-refractivity contribution in [1.29, 1.82) is 0 Å². The Morgan fingerprint density at radius 1 is 1.00 bits per heavy atom. The third kappa shape index (κ3) is 4.75. The Kier molecular flexibility index (Phi) is 5.94. The number of aryl methyl sites for hydroxylation is 1. The number of nitrogens with zero attached hydrogens (tertiary/aromatic N) is 3. The molecule has 0 bridgehead atoms. The highest BCUT2D eigenvalue weighted by atomic mass is 19.4. The van der Waals surface area contributed by atoms with Gasteiger partial charge >= 0.3 is 6.18 Å². The number of fused-ring (bicyclic) bond motifs is 1. The Balaban J connectivity index is 1.23. The second-order valence-electron chi connectivity index (χ2n) is 7.69. The van der Waals surface area contributed by atoms with Crippen LogP contribution in [0.2, 0.25) is 0 Å². The number of anilines is 1. The van der Waals surface area contributed by atoms with Gasteiger partial charge in [-0.05, 0) is 61.7 Å². The number of H-pyrrole nitrogens is 1. The van der Waals surface area contributed by atoms with Crippen molar-refractivity contribution in [3.8, 4) is 0 Å². The van der Waals surface area contributed by atoms with Crippen LogP contribution in [0.3, 0.4) is 0 Å². The van der Waals surface area contributed by atoms with Gasteiger partial charge in [0.1, 0.15) is 11.6 Å². The van der Waals surface area contributed by atoms with E-state index in [1.165, 1.54) is 12.3 Å². The van der Waals surface area contributed by atoms with Crippen LogP contribution < -0.4 is 4.90 Å². The van der Waals surface area contributed by atoms with Crippen LogP contribution in [0.5, 0.6) is 0 Å². The Bertz CT molecular complexity index is 990. The Labute approximate surface area is 172 Å². The number of aromatic amines is 1. The fourth-order valence-electron chi connectivity index (χ4n) is 3.98. The van der Waals surface area contributed by atoms with Gasteiger partial charge in [-0.2, -0.15) is 13.2 Å². The van der Waals surface area contributed by atoms with Crippen molar-refractivity contribution in [2.24, 2.45) is 0 Å². The summed E-state index contributed by atoms with van der Waals surface area (Å²) in [6, 6.07) is 6.91. The molecule has 0 aliphatic carbocycles. The molecule has 0 amide bonds. The van der Waals surface area contributed by atoms with Crippen molar-refractivity contribution >= 4 is 16.7 Å². The molecule has 1 fully saturated rings. The summed E-state index contributed by atoms with van der Waals surface area (Å²) in [4.78, 5) is 11.5. The SMILES string of the molecule is Fc1ccc2[nH]cc(CCCCN3CCN(c4cc(C(F)(F)F)ccn4)CC3)c2c1. The monoisotopic (exact) mass is 420 g/mol. The maximum atomic E-state index is 13.5. The van der Waals surface area contributed by atoms with E-state index in [1.807, 2.05) is 11.1 Å². The van der Waals surface area contributed by atoms with Crippen LogP contribution in [0.15, 0.2) is 42.7 Å². The summed E-state index contributed by atoms with van der Waals surface area (Å²) >= 11 is 0. The van der Waals surface area contributed by atoms with Crippen molar-refractivity contribution in [2.75, 3.05) is 37.6 Å². The molecule has 30 heavy (non-hydrogen) atoms. The van der Waals surface area contributed by atoms with E-state index < -0.39 is 11.7 Å². The highest BCUT2D eigenvalue weighted by Crippen LogP contribution is 2.31. The highest BCUT2D eigenvalue weighted by molar-refractivity contribution is 5.83. The molecular formula is C22H24F4N4. The molecular weight excluding hydrogens is 396 g/mol. The molecule has 0 unspecified atom stereocenters. The average Bonchev–Trinajstić information content (AvgIpc) is 3.13. The molecule has 1 saturated heterocycles. The smallest absolute Gasteiger partial charge is 0.361 e.